The van der Waals surface area contributed by atoms with Gasteiger partial charge in [0, 0.05) is 19.5 Å². The summed E-state index contributed by atoms with van der Waals surface area (Å²) in [5.74, 6) is -0.124. The highest BCUT2D eigenvalue weighted by atomic mass is 32.1. The molecule has 2 heterocycles. The smallest absolute Gasteiger partial charge is 0.251 e. The zero-order valence-electron chi connectivity index (χ0n) is 13.2. The lowest BCUT2D eigenvalue weighted by Gasteiger charge is -2.29. The van der Waals surface area contributed by atoms with Gasteiger partial charge in [-0.05, 0) is 37.5 Å². The maximum absolute atomic E-state index is 13.0. The van der Waals surface area contributed by atoms with Gasteiger partial charge in [-0.1, -0.05) is 30.3 Å². The largest absolute Gasteiger partial charge is 0.351 e. The summed E-state index contributed by atoms with van der Waals surface area (Å²) < 4.78 is 0. The number of carbonyl (C=O) groups excluding carboxylic acids is 2. The number of hydrogen-bond donors (Lipinski definition) is 1. The minimum absolute atomic E-state index is 0.00190. The molecule has 2 aliphatic rings. The van der Waals surface area contributed by atoms with Crippen molar-refractivity contribution in [2.24, 2.45) is 0 Å². The molecule has 1 N–H and O–H groups in total. The molecule has 2 fully saturated rings. The Hall–Kier alpha value is -1.95. The van der Waals surface area contributed by atoms with E-state index in [9.17, 15) is 9.59 Å². The Bertz CT molecular complexity index is 614. The normalized spacial score (nSPS) is 22.4. The van der Waals surface area contributed by atoms with E-state index < -0.39 is 6.04 Å². The van der Waals surface area contributed by atoms with Gasteiger partial charge in [-0.15, -0.1) is 0 Å². The average Bonchev–Trinajstić information content (AvgIpc) is 3.16. The van der Waals surface area contributed by atoms with Crippen LogP contribution in [0.1, 0.15) is 25.3 Å². The molecule has 122 valence electrons. The zero-order valence-corrected chi connectivity index (χ0v) is 14.0. The van der Waals surface area contributed by atoms with Crippen molar-refractivity contribution in [3.05, 3.63) is 35.9 Å². The number of carbonyl (C=O) groups is 2. The Kier molecular flexibility index (Phi) is 4.61. The number of nitrogens with zero attached hydrogens (tertiary/aromatic N) is 2. The van der Waals surface area contributed by atoms with Crippen LogP contribution in [0.15, 0.2) is 30.3 Å². The van der Waals surface area contributed by atoms with E-state index in [1.807, 2.05) is 35.2 Å². The highest BCUT2D eigenvalue weighted by molar-refractivity contribution is 7.80. The summed E-state index contributed by atoms with van der Waals surface area (Å²) in [6.07, 6.45) is 2.53. The first-order valence-electron chi connectivity index (χ1n) is 8.04. The number of benzene rings is 1. The molecule has 3 rings (SSSR count). The van der Waals surface area contributed by atoms with Gasteiger partial charge >= 0.3 is 0 Å². The first-order chi connectivity index (χ1) is 11.1. The summed E-state index contributed by atoms with van der Waals surface area (Å²) in [5, 5.41) is 3.32. The predicted octanol–water partition coefficient (Wildman–Crippen LogP) is 1.33. The molecule has 2 aliphatic heterocycles. The molecule has 6 heteroatoms. The molecule has 2 atom stereocenters. The lowest BCUT2D eigenvalue weighted by molar-refractivity contribution is -0.140. The topological polar surface area (TPSA) is 52.7 Å². The summed E-state index contributed by atoms with van der Waals surface area (Å²) in [4.78, 5) is 28.8. The molecule has 0 aliphatic carbocycles. The van der Waals surface area contributed by atoms with Crippen molar-refractivity contribution in [2.45, 2.75) is 38.3 Å². The molecule has 1 aromatic rings. The summed E-state index contributed by atoms with van der Waals surface area (Å²) in [7, 11) is 0. The van der Waals surface area contributed by atoms with Gasteiger partial charge in [0.05, 0.1) is 0 Å². The molecule has 0 aromatic heterocycles. The summed E-state index contributed by atoms with van der Waals surface area (Å²) in [6.45, 7) is 3.30. The second-order valence-corrected chi connectivity index (χ2v) is 6.50. The van der Waals surface area contributed by atoms with Crippen molar-refractivity contribution in [1.29, 1.82) is 0 Å². The van der Waals surface area contributed by atoms with Crippen molar-refractivity contribution in [3.63, 3.8) is 0 Å². The Morgan fingerprint density at radius 1 is 1.30 bits per heavy atom. The third kappa shape index (κ3) is 3.22. The minimum atomic E-state index is -0.562. The van der Waals surface area contributed by atoms with Crippen LogP contribution in [0, 0.1) is 0 Å². The summed E-state index contributed by atoms with van der Waals surface area (Å²) in [5.41, 5.74) is 1.03. The van der Waals surface area contributed by atoms with Gasteiger partial charge in [0.15, 0.2) is 5.11 Å². The van der Waals surface area contributed by atoms with E-state index in [4.69, 9.17) is 12.2 Å². The Labute approximate surface area is 141 Å². The van der Waals surface area contributed by atoms with Crippen molar-refractivity contribution in [2.75, 3.05) is 13.1 Å². The van der Waals surface area contributed by atoms with E-state index in [1.165, 1.54) is 4.90 Å². The van der Waals surface area contributed by atoms with Gasteiger partial charge in [-0.3, -0.25) is 14.5 Å². The van der Waals surface area contributed by atoms with Crippen molar-refractivity contribution < 1.29 is 9.59 Å². The molecule has 0 saturated carbocycles. The second kappa shape index (κ2) is 6.66. The molecule has 0 unspecified atom stereocenters. The highest BCUT2D eigenvalue weighted by Gasteiger charge is 2.42. The summed E-state index contributed by atoms with van der Waals surface area (Å²) in [6, 6.07) is 8.85. The number of nitrogens with one attached hydrogen (secondary N) is 1. The third-order valence-electron chi connectivity index (χ3n) is 4.45. The highest BCUT2D eigenvalue weighted by Crippen LogP contribution is 2.20. The summed E-state index contributed by atoms with van der Waals surface area (Å²) >= 11 is 5.30. The first kappa shape index (κ1) is 15.9. The van der Waals surface area contributed by atoms with Gasteiger partial charge in [-0.25, -0.2) is 0 Å². The second-order valence-electron chi connectivity index (χ2n) is 6.12. The number of likely N-dealkylation sites (tertiary alicyclic amines) is 1. The van der Waals surface area contributed by atoms with Crippen molar-refractivity contribution in [1.82, 2.24) is 15.1 Å². The quantitative estimate of drug-likeness (QED) is 0.846. The molecule has 0 bridgehead atoms. The number of rotatable bonds is 4. The van der Waals surface area contributed by atoms with Crippen LogP contribution in [-0.2, 0) is 16.0 Å². The average molecular weight is 331 g/mol. The van der Waals surface area contributed by atoms with E-state index in [0.29, 0.717) is 11.5 Å². The van der Waals surface area contributed by atoms with Crippen LogP contribution >= 0.6 is 12.2 Å². The molecular weight excluding hydrogens is 310 g/mol. The number of hydrogen-bond acceptors (Lipinski definition) is 3. The predicted molar refractivity (Wildman–Crippen MR) is 91.8 cm³/mol. The van der Waals surface area contributed by atoms with Crippen LogP contribution in [-0.4, -0.2) is 51.9 Å². The molecule has 23 heavy (non-hydrogen) atoms. The van der Waals surface area contributed by atoms with Crippen LogP contribution in [0.3, 0.4) is 0 Å². The van der Waals surface area contributed by atoms with Gasteiger partial charge < -0.3 is 10.2 Å². The van der Waals surface area contributed by atoms with Crippen molar-refractivity contribution >= 4 is 29.1 Å². The fourth-order valence-corrected chi connectivity index (χ4v) is 3.59. The lowest BCUT2D eigenvalue weighted by atomic mass is 10.0. The van der Waals surface area contributed by atoms with Crippen LogP contribution in [0.5, 0.6) is 0 Å². The molecule has 0 radical (unpaired) electrons. The standard InChI is InChI=1S/C17H21N3O2S/c1-12-15(21)20(17(23)18-12)14(11-13-7-3-2-4-8-13)16(22)19-9-5-6-10-19/h2-4,7-8,12,14H,5-6,9-11H2,1H3,(H,18,23)/t12-,14-/m1/s1. The van der Waals surface area contributed by atoms with Crippen LogP contribution in [0.4, 0.5) is 0 Å². The van der Waals surface area contributed by atoms with Crippen LogP contribution in [0.2, 0.25) is 0 Å². The van der Waals surface area contributed by atoms with Crippen LogP contribution in [0.25, 0.3) is 0 Å². The Balaban J connectivity index is 1.88. The maximum Gasteiger partial charge on any atom is 0.251 e. The molecule has 1 aromatic carbocycles. The van der Waals surface area contributed by atoms with Gasteiger partial charge in [0.1, 0.15) is 12.1 Å². The molecule has 2 saturated heterocycles. The van der Waals surface area contributed by atoms with E-state index in [1.54, 1.807) is 6.92 Å². The van der Waals surface area contributed by atoms with Gasteiger partial charge in [0.2, 0.25) is 5.91 Å². The van der Waals surface area contributed by atoms with Gasteiger partial charge in [-0.2, -0.15) is 0 Å². The van der Waals surface area contributed by atoms with E-state index >= 15 is 0 Å². The lowest BCUT2D eigenvalue weighted by Crippen LogP contribution is -2.51. The fourth-order valence-electron chi connectivity index (χ4n) is 3.19. The first-order valence-corrected chi connectivity index (χ1v) is 8.45. The van der Waals surface area contributed by atoms with Crippen LogP contribution < -0.4 is 5.32 Å². The fraction of sp³-hybridized carbons (Fsp3) is 0.471. The molecule has 5 nitrogen and oxygen atoms in total. The number of amides is 2. The SMILES string of the molecule is C[C@H]1NC(=S)N([C@H](Cc2ccccc2)C(=O)N2CCCC2)C1=O. The van der Waals surface area contributed by atoms with E-state index in [-0.39, 0.29) is 17.9 Å². The van der Waals surface area contributed by atoms with E-state index in [2.05, 4.69) is 5.32 Å². The van der Waals surface area contributed by atoms with Gasteiger partial charge in [0.25, 0.3) is 5.91 Å². The third-order valence-corrected chi connectivity index (χ3v) is 4.77. The molecule has 0 spiro atoms. The monoisotopic (exact) mass is 331 g/mol. The minimum Gasteiger partial charge on any atom is -0.351 e. The molecular formula is C17H21N3O2S. The van der Waals surface area contributed by atoms with Crippen molar-refractivity contribution in [3.8, 4) is 0 Å². The zero-order chi connectivity index (χ0) is 16.4. The maximum atomic E-state index is 13.0. The molecule has 2 amide bonds. The number of thiocarbonyl (C=S) groups is 1. The van der Waals surface area contributed by atoms with E-state index in [0.717, 1.165) is 31.5 Å². The Morgan fingerprint density at radius 2 is 1.96 bits per heavy atom. The Morgan fingerprint density at radius 3 is 2.52 bits per heavy atom.